The van der Waals surface area contributed by atoms with Crippen LogP contribution in [0.3, 0.4) is 0 Å². The molecule has 0 bridgehead atoms. The Labute approximate surface area is 98.7 Å². The highest BCUT2D eigenvalue weighted by Crippen LogP contribution is 2.50. The van der Waals surface area contributed by atoms with Crippen LogP contribution in [-0.4, -0.2) is 0 Å². The first-order valence-corrected chi connectivity index (χ1v) is 6.04. The lowest BCUT2D eigenvalue weighted by molar-refractivity contribution is 0.348. The first kappa shape index (κ1) is 11.2. The van der Waals surface area contributed by atoms with Gasteiger partial charge in [-0.2, -0.15) is 0 Å². The van der Waals surface area contributed by atoms with E-state index in [1.54, 1.807) is 0 Å². The molecule has 0 heteroatoms. The molecule has 1 aromatic carbocycles. The molecule has 0 spiro atoms. The predicted molar refractivity (Wildman–Crippen MR) is 70.4 cm³/mol. The van der Waals surface area contributed by atoms with Gasteiger partial charge in [-0.05, 0) is 30.2 Å². The molecular formula is C16H20. The fraction of sp³-hybridized carbons (Fsp3) is 0.375. The Morgan fingerprint density at radius 3 is 2.00 bits per heavy atom. The van der Waals surface area contributed by atoms with Crippen molar-refractivity contribution in [1.82, 2.24) is 0 Å². The lowest BCUT2D eigenvalue weighted by Gasteiger charge is -2.35. The maximum atomic E-state index is 4.00. The summed E-state index contributed by atoms with van der Waals surface area (Å²) >= 11 is 0. The van der Waals surface area contributed by atoms with Crippen molar-refractivity contribution in [2.75, 3.05) is 0 Å². The molecule has 0 radical (unpaired) electrons. The highest BCUT2D eigenvalue weighted by molar-refractivity contribution is 5.31. The van der Waals surface area contributed by atoms with Crippen LogP contribution in [0.5, 0.6) is 0 Å². The van der Waals surface area contributed by atoms with Gasteiger partial charge in [-0.25, -0.2) is 0 Å². The maximum absolute atomic E-state index is 4.00. The average Bonchev–Trinajstić information content (AvgIpc) is 2.68. The molecule has 84 valence electrons. The zero-order valence-electron chi connectivity index (χ0n) is 10.0. The summed E-state index contributed by atoms with van der Waals surface area (Å²) in [4.78, 5) is 0. The van der Waals surface area contributed by atoms with E-state index in [9.17, 15) is 0 Å². The molecule has 16 heavy (non-hydrogen) atoms. The summed E-state index contributed by atoms with van der Waals surface area (Å²) < 4.78 is 0. The van der Waals surface area contributed by atoms with E-state index in [1.807, 2.05) is 0 Å². The largest absolute Gasteiger partial charge is 0.103 e. The van der Waals surface area contributed by atoms with Crippen LogP contribution in [0.1, 0.15) is 25.3 Å². The van der Waals surface area contributed by atoms with Gasteiger partial charge in [-0.15, -0.1) is 13.2 Å². The molecule has 0 aliphatic heterocycles. The third-order valence-electron chi connectivity index (χ3n) is 4.29. The van der Waals surface area contributed by atoms with E-state index in [0.29, 0.717) is 11.8 Å². The van der Waals surface area contributed by atoms with Crippen molar-refractivity contribution in [1.29, 1.82) is 0 Å². The molecule has 1 aliphatic carbocycles. The standard InChI is InChI=1S/C16H20/c1-4-13-11-12-14(5-2)16(13,3)15-9-7-6-8-10-15/h4-10,13-14H,1-2,11-12H2,3H3/t13-,14-/m0/s1. The number of allylic oxidation sites excluding steroid dienone is 2. The highest BCUT2D eigenvalue weighted by Gasteiger charge is 2.44. The molecular weight excluding hydrogens is 192 g/mol. The highest BCUT2D eigenvalue weighted by atomic mass is 14.5. The van der Waals surface area contributed by atoms with E-state index in [0.717, 1.165) is 0 Å². The van der Waals surface area contributed by atoms with Crippen molar-refractivity contribution in [2.45, 2.75) is 25.2 Å². The molecule has 2 rings (SSSR count). The molecule has 1 aliphatic rings. The predicted octanol–water partition coefficient (Wildman–Crippen LogP) is 4.34. The topological polar surface area (TPSA) is 0 Å². The van der Waals surface area contributed by atoms with E-state index in [1.165, 1.54) is 18.4 Å². The van der Waals surface area contributed by atoms with Crippen LogP contribution in [0.25, 0.3) is 0 Å². The van der Waals surface area contributed by atoms with Gasteiger partial charge in [-0.1, -0.05) is 49.4 Å². The summed E-state index contributed by atoms with van der Waals surface area (Å²) in [6, 6.07) is 10.8. The third kappa shape index (κ3) is 1.53. The van der Waals surface area contributed by atoms with Gasteiger partial charge in [0.25, 0.3) is 0 Å². The first-order chi connectivity index (χ1) is 7.73. The van der Waals surface area contributed by atoms with Crippen LogP contribution in [0.4, 0.5) is 0 Å². The Kier molecular flexibility index (Phi) is 3.00. The van der Waals surface area contributed by atoms with E-state index in [-0.39, 0.29) is 5.41 Å². The molecule has 0 nitrogen and oxygen atoms in total. The number of benzene rings is 1. The summed E-state index contributed by atoms with van der Waals surface area (Å²) in [5, 5.41) is 0. The smallest absolute Gasteiger partial charge is 0.00499 e. The van der Waals surface area contributed by atoms with Gasteiger partial charge in [0, 0.05) is 5.41 Å². The minimum Gasteiger partial charge on any atom is -0.103 e. The zero-order valence-corrected chi connectivity index (χ0v) is 10.0. The lowest BCUT2D eigenvalue weighted by Crippen LogP contribution is -2.31. The Bertz CT molecular complexity index is 358. The second-order valence-corrected chi connectivity index (χ2v) is 4.91. The monoisotopic (exact) mass is 212 g/mol. The van der Waals surface area contributed by atoms with Gasteiger partial charge in [0.05, 0.1) is 0 Å². The quantitative estimate of drug-likeness (QED) is 0.654. The van der Waals surface area contributed by atoms with Gasteiger partial charge in [0.15, 0.2) is 0 Å². The van der Waals surface area contributed by atoms with Crippen LogP contribution in [-0.2, 0) is 5.41 Å². The molecule has 1 aromatic rings. The molecule has 0 unspecified atom stereocenters. The van der Waals surface area contributed by atoms with Gasteiger partial charge in [0.1, 0.15) is 0 Å². The van der Waals surface area contributed by atoms with Crippen molar-refractivity contribution in [3.63, 3.8) is 0 Å². The van der Waals surface area contributed by atoms with Crippen LogP contribution in [0, 0.1) is 11.8 Å². The number of rotatable bonds is 3. The van der Waals surface area contributed by atoms with Crippen molar-refractivity contribution in [2.24, 2.45) is 11.8 Å². The van der Waals surface area contributed by atoms with Gasteiger partial charge >= 0.3 is 0 Å². The molecule has 0 N–H and O–H groups in total. The van der Waals surface area contributed by atoms with Crippen LogP contribution in [0.2, 0.25) is 0 Å². The summed E-state index contributed by atoms with van der Waals surface area (Å²) in [5.74, 6) is 1.13. The minimum absolute atomic E-state index is 0.185. The van der Waals surface area contributed by atoms with Crippen LogP contribution >= 0.6 is 0 Å². The Morgan fingerprint density at radius 2 is 1.56 bits per heavy atom. The Hall–Kier alpha value is -1.30. The zero-order chi connectivity index (χ0) is 11.6. The SMILES string of the molecule is C=C[C@H]1CC[C@H](C=C)C1(C)c1ccccc1. The number of hydrogen-bond donors (Lipinski definition) is 0. The van der Waals surface area contributed by atoms with Crippen molar-refractivity contribution in [3.8, 4) is 0 Å². The molecule has 0 amide bonds. The molecule has 1 fully saturated rings. The molecule has 0 heterocycles. The fourth-order valence-corrected chi connectivity index (χ4v) is 3.18. The Balaban J connectivity index is 2.46. The average molecular weight is 212 g/mol. The summed E-state index contributed by atoms with van der Waals surface area (Å²) in [6.45, 7) is 10.4. The molecule has 0 saturated heterocycles. The fourth-order valence-electron chi connectivity index (χ4n) is 3.18. The normalized spacial score (nSPS) is 27.6. The van der Waals surface area contributed by atoms with Gasteiger partial charge in [0.2, 0.25) is 0 Å². The second kappa shape index (κ2) is 4.29. The summed E-state index contributed by atoms with van der Waals surface area (Å²) in [7, 11) is 0. The Morgan fingerprint density at radius 1 is 1.06 bits per heavy atom. The summed E-state index contributed by atoms with van der Waals surface area (Å²) in [5.41, 5.74) is 1.60. The van der Waals surface area contributed by atoms with Crippen molar-refractivity contribution >= 4 is 0 Å². The molecule has 0 aromatic heterocycles. The van der Waals surface area contributed by atoms with E-state index >= 15 is 0 Å². The maximum Gasteiger partial charge on any atom is 0.00499 e. The summed E-state index contributed by atoms with van der Waals surface area (Å²) in [6.07, 6.45) is 6.70. The van der Waals surface area contributed by atoms with E-state index in [4.69, 9.17) is 0 Å². The van der Waals surface area contributed by atoms with Crippen molar-refractivity contribution in [3.05, 3.63) is 61.2 Å². The van der Waals surface area contributed by atoms with Crippen molar-refractivity contribution < 1.29 is 0 Å². The minimum atomic E-state index is 0.185. The third-order valence-corrected chi connectivity index (χ3v) is 4.29. The van der Waals surface area contributed by atoms with Gasteiger partial charge < -0.3 is 0 Å². The lowest BCUT2D eigenvalue weighted by atomic mass is 9.69. The number of hydrogen-bond acceptors (Lipinski definition) is 0. The second-order valence-electron chi connectivity index (χ2n) is 4.91. The molecule has 2 atom stereocenters. The van der Waals surface area contributed by atoms with E-state index in [2.05, 4.69) is 62.6 Å². The van der Waals surface area contributed by atoms with Crippen LogP contribution in [0.15, 0.2) is 55.6 Å². The van der Waals surface area contributed by atoms with E-state index < -0.39 is 0 Å². The van der Waals surface area contributed by atoms with Gasteiger partial charge in [-0.3, -0.25) is 0 Å². The molecule has 1 saturated carbocycles. The first-order valence-electron chi connectivity index (χ1n) is 6.04. The van der Waals surface area contributed by atoms with Crippen LogP contribution < -0.4 is 0 Å².